The van der Waals surface area contributed by atoms with Crippen molar-refractivity contribution in [1.29, 1.82) is 0 Å². The van der Waals surface area contributed by atoms with Gasteiger partial charge in [-0.3, -0.25) is 14.5 Å². The molecule has 0 bridgehead atoms. The number of urea groups is 1. The lowest BCUT2D eigenvalue weighted by atomic mass is 9.89. The maximum Gasteiger partial charge on any atom is 0.325 e. The number of fused-ring (bicyclic) bond motifs is 1. The molecule has 3 aromatic carbocycles. The Morgan fingerprint density at radius 3 is 2.39 bits per heavy atom. The third-order valence-electron chi connectivity index (χ3n) is 6.41. The van der Waals surface area contributed by atoms with Crippen LogP contribution in [0.5, 0.6) is 11.5 Å². The molecule has 2 aliphatic rings. The summed E-state index contributed by atoms with van der Waals surface area (Å²) in [6, 6.07) is 21.4. The predicted octanol–water partition coefficient (Wildman–Crippen LogP) is 4.62. The number of hydrogen-bond donors (Lipinski definition) is 1. The van der Waals surface area contributed by atoms with Crippen LogP contribution in [0.3, 0.4) is 0 Å². The second-order valence-corrected chi connectivity index (χ2v) is 8.65. The lowest BCUT2D eigenvalue weighted by Crippen LogP contribution is -2.41. The van der Waals surface area contributed by atoms with Gasteiger partial charge >= 0.3 is 6.03 Å². The van der Waals surface area contributed by atoms with E-state index >= 15 is 0 Å². The summed E-state index contributed by atoms with van der Waals surface area (Å²) in [6.45, 7) is 1.38. The fourth-order valence-electron chi connectivity index (χ4n) is 4.49. The van der Waals surface area contributed by atoms with Crippen LogP contribution in [0.2, 0.25) is 0 Å². The van der Waals surface area contributed by atoms with E-state index in [-0.39, 0.29) is 12.3 Å². The summed E-state index contributed by atoms with van der Waals surface area (Å²) in [5.74, 6) is 0.560. The summed E-state index contributed by atoms with van der Waals surface area (Å²) in [7, 11) is 0. The molecular formula is C27H24N2O4. The van der Waals surface area contributed by atoms with Crippen LogP contribution in [0.1, 0.15) is 40.4 Å². The summed E-state index contributed by atoms with van der Waals surface area (Å²) in [5.41, 5.74) is 2.50. The molecule has 6 nitrogen and oxygen atoms in total. The van der Waals surface area contributed by atoms with Gasteiger partial charge in [-0.2, -0.15) is 0 Å². The SMILES string of the molecule is CC1(c2ccc3c(c2)CCC3)NC(=O)N(CC(=O)c2ccc(Oc3ccccc3)cc2)C1=O. The van der Waals surface area contributed by atoms with E-state index < -0.39 is 17.5 Å². The average Bonchev–Trinajstić information content (AvgIpc) is 3.38. The molecule has 3 amide bonds. The number of imide groups is 1. The quantitative estimate of drug-likeness (QED) is 0.448. The Labute approximate surface area is 192 Å². The molecule has 1 saturated heterocycles. The number of para-hydroxylation sites is 1. The van der Waals surface area contributed by atoms with Crippen LogP contribution >= 0.6 is 0 Å². The van der Waals surface area contributed by atoms with Crippen molar-refractivity contribution in [3.8, 4) is 11.5 Å². The highest BCUT2D eigenvalue weighted by atomic mass is 16.5. The fraction of sp³-hybridized carbons (Fsp3) is 0.222. The Kier molecular flexibility index (Phi) is 5.21. The zero-order valence-electron chi connectivity index (χ0n) is 18.3. The van der Waals surface area contributed by atoms with Crippen LogP contribution in [0.25, 0.3) is 0 Å². The molecule has 5 rings (SSSR count). The van der Waals surface area contributed by atoms with Gasteiger partial charge in [0.15, 0.2) is 5.78 Å². The monoisotopic (exact) mass is 440 g/mol. The largest absolute Gasteiger partial charge is 0.457 e. The molecule has 6 heteroatoms. The van der Waals surface area contributed by atoms with Gasteiger partial charge in [0, 0.05) is 5.56 Å². The van der Waals surface area contributed by atoms with Crippen LogP contribution in [-0.2, 0) is 23.2 Å². The van der Waals surface area contributed by atoms with Crippen molar-refractivity contribution < 1.29 is 19.1 Å². The maximum atomic E-state index is 13.2. The van der Waals surface area contributed by atoms with Gasteiger partial charge in [0.25, 0.3) is 5.91 Å². The predicted molar refractivity (Wildman–Crippen MR) is 123 cm³/mol. The van der Waals surface area contributed by atoms with Gasteiger partial charge in [0.05, 0.1) is 6.54 Å². The minimum atomic E-state index is -1.18. The molecule has 0 spiro atoms. The van der Waals surface area contributed by atoms with Crippen molar-refractivity contribution in [3.05, 3.63) is 95.1 Å². The van der Waals surface area contributed by atoms with Gasteiger partial charge in [-0.05, 0) is 79.3 Å². The van der Waals surface area contributed by atoms with E-state index in [2.05, 4.69) is 5.32 Å². The number of ketones is 1. The molecule has 1 aliphatic carbocycles. The minimum Gasteiger partial charge on any atom is -0.457 e. The third-order valence-corrected chi connectivity index (χ3v) is 6.41. The second-order valence-electron chi connectivity index (χ2n) is 8.65. The number of aryl methyl sites for hydroxylation is 2. The van der Waals surface area contributed by atoms with Gasteiger partial charge in [0.1, 0.15) is 17.0 Å². The molecule has 1 aliphatic heterocycles. The average molecular weight is 440 g/mol. The third kappa shape index (κ3) is 3.89. The number of hydrogen-bond acceptors (Lipinski definition) is 4. The number of amides is 3. The molecular weight excluding hydrogens is 416 g/mol. The topological polar surface area (TPSA) is 75.7 Å². The normalized spacial score (nSPS) is 19.4. The number of Topliss-reactive ketones (excluding diaryl/α,β-unsaturated/α-hetero) is 1. The first-order valence-corrected chi connectivity index (χ1v) is 11.1. The zero-order valence-corrected chi connectivity index (χ0v) is 18.3. The minimum absolute atomic E-state index is 0.315. The number of ether oxygens (including phenoxy) is 1. The van der Waals surface area contributed by atoms with Crippen molar-refractivity contribution in [3.63, 3.8) is 0 Å². The number of nitrogens with one attached hydrogen (secondary N) is 1. The van der Waals surface area contributed by atoms with E-state index in [1.165, 1.54) is 11.1 Å². The fourth-order valence-corrected chi connectivity index (χ4v) is 4.49. The highest BCUT2D eigenvalue weighted by Crippen LogP contribution is 2.32. The maximum absolute atomic E-state index is 13.2. The molecule has 0 radical (unpaired) electrons. The number of benzene rings is 3. The molecule has 3 aromatic rings. The Balaban J connectivity index is 1.29. The summed E-state index contributed by atoms with van der Waals surface area (Å²) >= 11 is 0. The Morgan fingerprint density at radius 2 is 1.64 bits per heavy atom. The molecule has 0 saturated carbocycles. The van der Waals surface area contributed by atoms with Crippen molar-refractivity contribution in [2.24, 2.45) is 0 Å². The molecule has 166 valence electrons. The Bertz CT molecular complexity index is 1240. The number of carbonyl (C=O) groups excluding carboxylic acids is 3. The number of nitrogens with zero attached hydrogens (tertiary/aromatic N) is 1. The summed E-state index contributed by atoms with van der Waals surface area (Å²) < 4.78 is 5.75. The van der Waals surface area contributed by atoms with Crippen molar-refractivity contribution in [2.45, 2.75) is 31.7 Å². The van der Waals surface area contributed by atoms with Crippen LogP contribution in [0.15, 0.2) is 72.8 Å². The van der Waals surface area contributed by atoms with Crippen molar-refractivity contribution in [1.82, 2.24) is 10.2 Å². The van der Waals surface area contributed by atoms with E-state index in [9.17, 15) is 14.4 Å². The summed E-state index contributed by atoms with van der Waals surface area (Å²) in [4.78, 5) is 39.7. The van der Waals surface area contributed by atoms with Crippen LogP contribution < -0.4 is 10.1 Å². The number of carbonyl (C=O) groups is 3. The summed E-state index contributed by atoms with van der Waals surface area (Å²) in [6.07, 6.45) is 3.13. The molecule has 1 unspecified atom stereocenters. The van der Waals surface area contributed by atoms with Crippen LogP contribution in [0.4, 0.5) is 4.79 Å². The zero-order chi connectivity index (χ0) is 23.0. The number of rotatable bonds is 6. The molecule has 1 heterocycles. The highest BCUT2D eigenvalue weighted by molar-refractivity contribution is 6.11. The smallest absolute Gasteiger partial charge is 0.325 e. The standard InChI is InChI=1S/C27H24N2O4/c1-27(21-13-10-18-6-5-7-20(18)16-21)25(31)29(26(32)28-27)17-24(30)19-11-14-23(15-12-19)33-22-8-3-2-4-9-22/h2-4,8-16H,5-7,17H2,1H3,(H,28,32). The molecule has 1 atom stereocenters. The van der Waals surface area contributed by atoms with Crippen molar-refractivity contribution in [2.75, 3.05) is 6.54 Å². The first-order valence-electron chi connectivity index (χ1n) is 11.1. The van der Waals surface area contributed by atoms with E-state index in [0.29, 0.717) is 17.1 Å². The lowest BCUT2D eigenvalue weighted by Gasteiger charge is -2.23. The van der Waals surface area contributed by atoms with Gasteiger partial charge in [0.2, 0.25) is 0 Å². The Morgan fingerprint density at radius 1 is 0.939 bits per heavy atom. The molecule has 0 aromatic heterocycles. The van der Waals surface area contributed by atoms with Gasteiger partial charge in [-0.15, -0.1) is 0 Å². The van der Waals surface area contributed by atoms with E-state index in [1.54, 1.807) is 31.2 Å². The Hall–Kier alpha value is -3.93. The van der Waals surface area contributed by atoms with Gasteiger partial charge < -0.3 is 10.1 Å². The molecule has 33 heavy (non-hydrogen) atoms. The van der Waals surface area contributed by atoms with E-state index in [4.69, 9.17) is 4.74 Å². The van der Waals surface area contributed by atoms with Crippen LogP contribution in [-0.4, -0.2) is 29.2 Å². The van der Waals surface area contributed by atoms with Crippen LogP contribution in [0, 0.1) is 0 Å². The lowest BCUT2D eigenvalue weighted by molar-refractivity contribution is -0.130. The van der Waals surface area contributed by atoms with Gasteiger partial charge in [-0.25, -0.2) is 4.79 Å². The second kappa shape index (κ2) is 8.20. The van der Waals surface area contributed by atoms with Crippen molar-refractivity contribution >= 4 is 17.7 Å². The molecule has 1 fully saturated rings. The van der Waals surface area contributed by atoms with E-state index in [1.807, 2.05) is 48.5 Å². The van der Waals surface area contributed by atoms with Gasteiger partial charge in [-0.1, -0.05) is 36.4 Å². The first-order chi connectivity index (χ1) is 15.9. The first kappa shape index (κ1) is 20.9. The van der Waals surface area contributed by atoms with E-state index in [0.717, 1.165) is 29.7 Å². The summed E-state index contributed by atoms with van der Waals surface area (Å²) in [5, 5.41) is 2.80. The highest BCUT2D eigenvalue weighted by Gasteiger charge is 2.49. The molecule has 1 N–H and O–H groups in total.